The topological polar surface area (TPSA) is 26.0 Å². The van der Waals surface area contributed by atoms with Gasteiger partial charge in [-0.1, -0.05) is 0 Å². The maximum Gasteiger partial charge on any atom is 0.192 e. The van der Waals surface area contributed by atoms with Crippen LogP contribution in [0.5, 0.6) is 0 Å². The molecule has 1 aromatic rings. The van der Waals surface area contributed by atoms with Crippen LogP contribution in [0.1, 0.15) is 5.89 Å². The van der Waals surface area contributed by atoms with Gasteiger partial charge in [0.2, 0.25) is 0 Å². The second-order valence-corrected chi connectivity index (χ2v) is 1.66. The molecule has 1 heterocycles. The number of aryl methyl sites for hydroxylation is 1. The molecular weight excluding hydrogens is 110 g/mol. The van der Waals surface area contributed by atoms with Gasteiger partial charge in [-0.25, -0.2) is 4.98 Å². The molecule has 0 unspecified atom stereocenters. The van der Waals surface area contributed by atoms with Crippen LogP contribution in [0.15, 0.2) is 15.7 Å². The lowest BCUT2D eigenvalue weighted by molar-refractivity contribution is 0.443. The normalized spacial score (nSPS) is 9.43. The fourth-order valence-electron chi connectivity index (χ4n) is 0.350. The molecule has 0 aromatic carbocycles. The Morgan fingerprint density at radius 2 is 2.57 bits per heavy atom. The van der Waals surface area contributed by atoms with Gasteiger partial charge in [0.05, 0.1) is 6.20 Å². The minimum absolute atomic E-state index is 0.567. The third-order valence-electron chi connectivity index (χ3n) is 0.609. The lowest BCUT2D eigenvalue weighted by atomic mass is 10.8. The SMILES string of the molecule is Cc1ncc(S)o1. The van der Waals surface area contributed by atoms with E-state index >= 15 is 0 Å². The number of nitrogens with zero attached hydrogens (tertiary/aromatic N) is 1. The van der Waals surface area contributed by atoms with Gasteiger partial charge in [0.15, 0.2) is 11.0 Å². The van der Waals surface area contributed by atoms with Crippen LogP contribution in [0.25, 0.3) is 0 Å². The third-order valence-corrected chi connectivity index (χ3v) is 0.816. The average Bonchev–Trinajstić information content (AvgIpc) is 1.87. The summed E-state index contributed by atoms with van der Waals surface area (Å²) < 4.78 is 4.84. The zero-order chi connectivity index (χ0) is 5.28. The first-order valence-electron chi connectivity index (χ1n) is 1.90. The van der Waals surface area contributed by atoms with E-state index in [-0.39, 0.29) is 0 Å². The number of hydrogen-bond acceptors (Lipinski definition) is 3. The van der Waals surface area contributed by atoms with Crippen LogP contribution in [0, 0.1) is 6.92 Å². The number of aromatic nitrogens is 1. The lowest BCUT2D eigenvalue weighted by Gasteiger charge is -1.72. The van der Waals surface area contributed by atoms with Gasteiger partial charge in [-0.05, 0) is 0 Å². The zero-order valence-corrected chi connectivity index (χ0v) is 4.77. The number of hydrogen-bond donors (Lipinski definition) is 1. The molecule has 0 aliphatic rings. The summed E-state index contributed by atoms with van der Waals surface area (Å²) in [6.07, 6.45) is 1.57. The lowest BCUT2D eigenvalue weighted by Crippen LogP contribution is -1.59. The van der Waals surface area contributed by atoms with Crippen molar-refractivity contribution in [2.24, 2.45) is 0 Å². The molecule has 7 heavy (non-hydrogen) atoms. The Hall–Kier alpha value is -0.440. The van der Waals surface area contributed by atoms with Crippen molar-refractivity contribution in [2.75, 3.05) is 0 Å². The summed E-state index contributed by atoms with van der Waals surface area (Å²) in [5.41, 5.74) is 0. The molecule has 0 amide bonds. The van der Waals surface area contributed by atoms with Crippen molar-refractivity contribution >= 4 is 12.6 Å². The molecular formula is C4H5NOS. The van der Waals surface area contributed by atoms with E-state index in [0.717, 1.165) is 0 Å². The maximum atomic E-state index is 4.84. The van der Waals surface area contributed by atoms with E-state index < -0.39 is 0 Å². The van der Waals surface area contributed by atoms with E-state index in [1.54, 1.807) is 13.1 Å². The third kappa shape index (κ3) is 0.962. The molecule has 0 bridgehead atoms. The minimum Gasteiger partial charge on any atom is -0.435 e. The molecule has 0 aliphatic heterocycles. The van der Waals surface area contributed by atoms with Crippen molar-refractivity contribution in [3.05, 3.63) is 12.1 Å². The Kier molecular flexibility index (Phi) is 1.06. The molecule has 0 radical (unpaired) electrons. The molecule has 0 fully saturated rings. The standard InChI is InChI=1S/C4H5NOS/c1-3-5-2-4(7)6-3/h2,7H,1H3. The van der Waals surface area contributed by atoms with E-state index in [2.05, 4.69) is 17.6 Å². The zero-order valence-electron chi connectivity index (χ0n) is 3.88. The Morgan fingerprint density at radius 3 is 2.71 bits per heavy atom. The number of oxazole rings is 1. The van der Waals surface area contributed by atoms with E-state index in [4.69, 9.17) is 4.42 Å². The minimum atomic E-state index is 0.567. The first-order valence-corrected chi connectivity index (χ1v) is 2.35. The number of thiol groups is 1. The molecule has 0 spiro atoms. The highest BCUT2D eigenvalue weighted by Gasteiger charge is 1.88. The molecule has 0 atom stereocenters. The summed E-state index contributed by atoms with van der Waals surface area (Å²) >= 11 is 3.88. The highest BCUT2D eigenvalue weighted by molar-refractivity contribution is 7.80. The summed E-state index contributed by atoms with van der Waals surface area (Å²) in [6.45, 7) is 1.78. The van der Waals surface area contributed by atoms with Crippen LogP contribution in [0.3, 0.4) is 0 Å². The van der Waals surface area contributed by atoms with Crippen LogP contribution in [-0.2, 0) is 0 Å². The van der Waals surface area contributed by atoms with Crippen LogP contribution in [-0.4, -0.2) is 4.98 Å². The van der Waals surface area contributed by atoms with Crippen LogP contribution in [0.2, 0.25) is 0 Å². The van der Waals surface area contributed by atoms with Crippen molar-refractivity contribution in [2.45, 2.75) is 12.0 Å². The molecule has 1 rings (SSSR count). The smallest absolute Gasteiger partial charge is 0.192 e. The highest BCUT2D eigenvalue weighted by atomic mass is 32.1. The summed E-state index contributed by atoms with van der Waals surface area (Å²) in [6, 6.07) is 0. The fourth-order valence-corrected chi connectivity index (χ4v) is 0.540. The van der Waals surface area contributed by atoms with Crippen molar-refractivity contribution < 1.29 is 4.42 Å². The van der Waals surface area contributed by atoms with E-state index in [1.165, 1.54) is 0 Å². The van der Waals surface area contributed by atoms with Crippen molar-refractivity contribution in [1.29, 1.82) is 0 Å². The van der Waals surface area contributed by atoms with Gasteiger partial charge < -0.3 is 4.42 Å². The molecule has 0 saturated heterocycles. The molecule has 3 heteroatoms. The van der Waals surface area contributed by atoms with Crippen LogP contribution >= 0.6 is 12.6 Å². The first kappa shape index (κ1) is 4.71. The van der Waals surface area contributed by atoms with E-state index in [0.29, 0.717) is 11.0 Å². The van der Waals surface area contributed by atoms with Gasteiger partial charge in [-0.3, -0.25) is 0 Å². The Morgan fingerprint density at radius 1 is 1.86 bits per heavy atom. The molecule has 0 saturated carbocycles. The Bertz CT molecular complexity index is 144. The highest BCUT2D eigenvalue weighted by Crippen LogP contribution is 2.04. The molecule has 1 aromatic heterocycles. The predicted molar refractivity (Wildman–Crippen MR) is 28.5 cm³/mol. The Labute approximate surface area is 47.0 Å². The second-order valence-electron chi connectivity index (χ2n) is 1.22. The van der Waals surface area contributed by atoms with Crippen molar-refractivity contribution in [1.82, 2.24) is 4.98 Å². The van der Waals surface area contributed by atoms with Gasteiger partial charge in [0, 0.05) is 6.92 Å². The van der Waals surface area contributed by atoms with E-state index in [9.17, 15) is 0 Å². The summed E-state index contributed by atoms with van der Waals surface area (Å²) in [7, 11) is 0. The van der Waals surface area contributed by atoms with Gasteiger partial charge >= 0.3 is 0 Å². The van der Waals surface area contributed by atoms with Crippen LogP contribution in [0.4, 0.5) is 0 Å². The molecule has 0 aliphatic carbocycles. The van der Waals surface area contributed by atoms with Crippen molar-refractivity contribution in [3.63, 3.8) is 0 Å². The number of rotatable bonds is 0. The van der Waals surface area contributed by atoms with Gasteiger partial charge in [0.1, 0.15) is 0 Å². The predicted octanol–water partition coefficient (Wildman–Crippen LogP) is 1.27. The van der Waals surface area contributed by atoms with E-state index in [1.807, 2.05) is 0 Å². The van der Waals surface area contributed by atoms with Gasteiger partial charge in [-0.2, -0.15) is 0 Å². The molecule has 0 N–H and O–H groups in total. The quantitative estimate of drug-likeness (QED) is 0.515. The molecule has 38 valence electrons. The monoisotopic (exact) mass is 115 g/mol. The average molecular weight is 115 g/mol. The summed E-state index contributed by atoms with van der Waals surface area (Å²) in [5, 5.41) is 0.567. The van der Waals surface area contributed by atoms with Gasteiger partial charge in [-0.15, -0.1) is 12.6 Å². The maximum absolute atomic E-state index is 4.84. The first-order chi connectivity index (χ1) is 3.29. The molecule has 2 nitrogen and oxygen atoms in total. The second kappa shape index (κ2) is 1.58. The summed E-state index contributed by atoms with van der Waals surface area (Å²) in [4.78, 5) is 3.77. The van der Waals surface area contributed by atoms with Crippen LogP contribution < -0.4 is 0 Å². The van der Waals surface area contributed by atoms with Gasteiger partial charge in [0.25, 0.3) is 0 Å². The Balaban J connectivity index is 3.04. The summed E-state index contributed by atoms with van der Waals surface area (Å²) in [5.74, 6) is 0.657. The largest absolute Gasteiger partial charge is 0.435 e. The fraction of sp³-hybridized carbons (Fsp3) is 0.250. The van der Waals surface area contributed by atoms with Crippen molar-refractivity contribution in [3.8, 4) is 0 Å².